The van der Waals surface area contributed by atoms with E-state index in [4.69, 9.17) is 4.74 Å². The van der Waals surface area contributed by atoms with Gasteiger partial charge >= 0.3 is 0 Å². The predicted octanol–water partition coefficient (Wildman–Crippen LogP) is 3.01. The molecule has 0 aliphatic rings. The highest BCUT2D eigenvalue weighted by atomic mass is 32.2. The van der Waals surface area contributed by atoms with Crippen LogP contribution in [0.4, 0.5) is 0 Å². The van der Waals surface area contributed by atoms with Crippen LogP contribution in [-0.4, -0.2) is 44.1 Å². The third-order valence-electron chi connectivity index (χ3n) is 3.84. The molecule has 2 heterocycles. The van der Waals surface area contributed by atoms with E-state index in [9.17, 15) is 0 Å². The van der Waals surface area contributed by atoms with Crippen LogP contribution in [0.1, 0.15) is 11.4 Å². The summed E-state index contributed by atoms with van der Waals surface area (Å²) in [5.41, 5.74) is 1.19. The first-order valence-corrected chi connectivity index (χ1v) is 9.47. The molecule has 3 aromatic rings. The Morgan fingerprint density at radius 3 is 2.69 bits per heavy atom. The van der Waals surface area contributed by atoms with Crippen molar-refractivity contribution in [1.29, 1.82) is 0 Å². The zero-order chi connectivity index (χ0) is 18.2. The molecule has 0 saturated carbocycles. The Kier molecular flexibility index (Phi) is 6.62. The highest BCUT2D eigenvalue weighted by Gasteiger charge is 2.11. The molecule has 7 heteroatoms. The minimum Gasteiger partial charge on any atom is -0.493 e. The monoisotopic (exact) mass is 369 g/mol. The Hall–Kier alpha value is -2.38. The van der Waals surface area contributed by atoms with Gasteiger partial charge in [0.25, 0.3) is 0 Å². The van der Waals surface area contributed by atoms with E-state index in [1.807, 2.05) is 54.2 Å². The van der Waals surface area contributed by atoms with Crippen molar-refractivity contribution in [1.82, 2.24) is 24.6 Å². The number of benzene rings is 1. The summed E-state index contributed by atoms with van der Waals surface area (Å²) < 4.78 is 7.76. The van der Waals surface area contributed by atoms with Gasteiger partial charge in [-0.05, 0) is 30.8 Å². The second kappa shape index (κ2) is 9.35. The standard InChI is InChI=1S/C19H23N5OS/c1-23(14-16-7-6-10-20-13-16)15-18-21-22-19(24(18)2)26-12-11-25-17-8-4-3-5-9-17/h3-10,13H,11-12,14-15H2,1-2H3. The molecule has 0 bridgehead atoms. The summed E-state index contributed by atoms with van der Waals surface area (Å²) in [6.07, 6.45) is 3.68. The van der Waals surface area contributed by atoms with E-state index in [1.165, 1.54) is 5.56 Å². The van der Waals surface area contributed by atoms with Crippen molar-refractivity contribution in [3.63, 3.8) is 0 Å². The summed E-state index contributed by atoms with van der Waals surface area (Å²) in [4.78, 5) is 6.36. The molecule has 6 nitrogen and oxygen atoms in total. The number of nitrogens with zero attached hydrogens (tertiary/aromatic N) is 5. The lowest BCUT2D eigenvalue weighted by molar-refractivity contribution is 0.305. The van der Waals surface area contributed by atoms with Gasteiger partial charge in [0.1, 0.15) is 11.6 Å². The van der Waals surface area contributed by atoms with Crippen molar-refractivity contribution in [2.45, 2.75) is 18.2 Å². The van der Waals surface area contributed by atoms with E-state index < -0.39 is 0 Å². The molecule has 3 rings (SSSR count). The van der Waals surface area contributed by atoms with E-state index in [0.717, 1.165) is 35.6 Å². The summed E-state index contributed by atoms with van der Waals surface area (Å²) in [5.74, 6) is 2.67. The van der Waals surface area contributed by atoms with E-state index in [0.29, 0.717) is 6.61 Å². The quantitative estimate of drug-likeness (QED) is 0.427. The average molecular weight is 369 g/mol. The van der Waals surface area contributed by atoms with E-state index in [-0.39, 0.29) is 0 Å². The smallest absolute Gasteiger partial charge is 0.191 e. The number of rotatable bonds is 9. The predicted molar refractivity (Wildman–Crippen MR) is 103 cm³/mol. The van der Waals surface area contributed by atoms with Gasteiger partial charge < -0.3 is 9.30 Å². The first-order valence-electron chi connectivity index (χ1n) is 8.49. The molecule has 2 aromatic heterocycles. The topological polar surface area (TPSA) is 56.1 Å². The maximum atomic E-state index is 5.71. The molecular formula is C19H23N5OS. The number of ether oxygens (including phenoxy) is 1. The maximum Gasteiger partial charge on any atom is 0.191 e. The fourth-order valence-electron chi connectivity index (χ4n) is 2.52. The largest absolute Gasteiger partial charge is 0.493 e. The third kappa shape index (κ3) is 5.31. The normalized spacial score (nSPS) is 11.0. The van der Waals surface area contributed by atoms with Crippen LogP contribution in [0.2, 0.25) is 0 Å². The lowest BCUT2D eigenvalue weighted by Gasteiger charge is -2.15. The molecule has 0 saturated heterocycles. The second-order valence-corrected chi connectivity index (χ2v) is 7.06. The molecule has 136 valence electrons. The molecule has 0 aliphatic carbocycles. The molecule has 26 heavy (non-hydrogen) atoms. The van der Waals surface area contributed by atoms with Crippen molar-refractivity contribution in [3.05, 3.63) is 66.2 Å². The molecule has 0 fully saturated rings. The van der Waals surface area contributed by atoms with Crippen LogP contribution in [-0.2, 0) is 20.1 Å². The molecule has 0 atom stereocenters. The van der Waals surface area contributed by atoms with Crippen molar-refractivity contribution in [2.24, 2.45) is 7.05 Å². The fraction of sp³-hybridized carbons (Fsp3) is 0.316. The third-order valence-corrected chi connectivity index (χ3v) is 4.82. The van der Waals surface area contributed by atoms with Crippen LogP contribution in [0.15, 0.2) is 60.0 Å². The molecule has 1 aromatic carbocycles. The Morgan fingerprint density at radius 2 is 1.92 bits per heavy atom. The zero-order valence-electron chi connectivity index (χ0n) is 15.1. The van der Waals surface area contributed by atoms with Crippen molar-refractivity contribution in [2.75, 3.05) is 19.4 Å². The van der Waals surface area contributed by atoms with Gasteiger partial charge in [-0.2, -0.15) is 0 Å². The molecule has 0 spiro atoms. The van der Waals surface area contributed by atoms with Gasteiger partial charge in [-0.25, -0.2) is 0 Å². The SMILES string of the molecule is CN(Cc1cccnc1)Cc1nnc(SCCOc2ccccc2)n1C. The number of hydrogen-bond donors (Lipinski definition) is 0. The van der Waals surface area contributed by atoms with Crippen LogP contribution in [0.5, 0.6) is 5.75 Å². The maximum absolute atomic E-state index is 5.71. The van der Waals surface area contributed by atoms with Gasteiger partial charge in [0.05, 0.1) is 13.2 Å². The minimum absolute atomic E-state index is 0.637. The Morgan fingerprint density at radius 1 is 1.08 bits per heavy atom. The van der Waals surface area contributed by atoms with Crippen LogP contribution >= 0.6 is 11.8 Å². The summed E-state index contributed by atoms with van der Waals surface area (Å²) in [5, 5.41) is 9.54. The number of para-hydroxylation sites is 1. The van der Waals surface area contributed by atoms with Crippen molar-refractivity contribution >= 4 is 11.8 Å². The lowest BCUT2D eigenvalue weighted by Crippen LogP contribution is -2.19. The average Bonchev–Trinajstić information content (AvgIpc) is 3.00. The number of hydrogen-bond acceptors (Lipinski definition) is 6. The highest BCUT2D eigenvalue weighted by Crippen LogP contribution is 2.17. The second-order valence-electron chi connectivity index (χ2n) is 6.00. The summed E-state index contributed by atoms with van der Waals surface area (Å²) in [7, 11) is 4.08. The first-order chi connectivity index (χ1) is 12.7. The van der Waals surface area contributed by atoms with Gasteiger partial charge in [-0.1, -0.05) is 36.0 Å². The van der Waals surface area contributed by atoms with Gasteiger partial charge in [-0.15, -0.1) is 10.2 Å². The van der Waals surface area contributed by atoms with Crippen LogP contribution in [0.25, 0.3) is 0 Å². The number of thioether (sulfide) groups is 1. The number of aromatic nitrogens is 4. The number of pyridine rings is 1. The van der Waals surface area contributed by atoms with E-state index in [1.54, 1.807) is 18.0 Å². The first kappa shape index (κ1) is 18.4. The Labute approximate surface area is 158 Å². The molecule has 0 N–H and O–H groups in total. The lowest BCUT2D eigenvalue weighted by atomic mass is 10.3. The summed E-state index contributed by atoms with van der Waals surface area (Å²) >= 11 is 1.65. The zero-order valence-corrected chi connectivity index (χ0v) is 15.9. The summed E-state index contributed by atoms with van der Waals surface area (Å²) in [6.45, 7) is 2.20. The van der Waals surface area contributed by atoms with Gasteiger partial charge in [0.15, 0.2) is 5.16 Å². The van der Waals surface area contributed by atoms with Crippen molar-refractivity contribution < 1.29 is 4.74 Å². The van der Waals surface area contributed by atoms with Gasteiger partial charge in [-0.3, -0.25) is 9.88 Å². The molecular weight excluding hydrogens is 346 g/mol. The fourth-order valence-corrected chi connectivity index (χ4v) is 3.27. The van der Waals surface area contributed by atoms with Crippen molar-refractivity contribution in [3.8, 4) is 5.75 Å². The Bertz CT molecular complexity index is 794. The van der Waals surface area contributed by atoms with Crippen LogP contribution in [0.3, 0.4) is 0 Å². The minimum atomic E-state index is 0.637. The Balaban J connectivity index is 1.46. The van der Waals surface area contributed by atoms with Gasteiger partial charge in [0, 0.05) is 31.7 Å². The summed E-state index contributed by atoms with van der Waals surface area (Å²) in [6, 6.07) is 13.9. The molecule has 0 aliphatic heterocycles. The van der Waals surface area contributed by atoms with E-state index >= 15 is 0 Å². The highest BCUT2D eigenvalue weighted by molar-refractivity contribution is 7.99. The van der Waals surface area contributed by atoms with Crippen LogP contribution in [0, 0.1) is 0 Å². The van der Waals surface area contributed by atoms with E-state index in [2.05, 4.69) is 33.2 Å². The molecule has 0 unspecified atom stereocenters. The van der Waals surface area contributed by atoms with Gasteiger partial charge in [0.2, 0.25) is 0 Å². The molecule has 0 amide bonds. The van der Waals surface area contributed by atoms with Crippen LogP contribution < -0.4 is 4.74 Å². The molecule has 0 radical (unpaired) electrons.